The summed E-state index contributed by atoms with van der Waals surface area (Å²) >= 11 is 12.4. The smallest absolute Gasteiger partial charge is 0.264 e. The molecule has 0 aromatic heterocycles. The Kier molecular flexibility index (Phi) is 11.2. The van der Waals surface area contributed by atoms with E-state index in [1.807, 2.05) is 37.3 Å². The molecule has 3 aromatic carbocycles. The van der Waals surface area contributed by atoms with E-state index >= 15 is 0 Å². The van der Waals surface area contributed by atoms with Crippen molar-refractivity contribution in [1.82, 2.24) is 10.2 Å². The minimum absolute atomic E-state index is 0.00934. The molecule has 0 spiro atoms. The Labute approximate surface area is 240 Å². The third-order valence-corrected chi connectivity index (χ3v) is 8.45. The Morgan fingerprint density at radius 2 is 1.51 bits per heavy atom. The summed E-state index contributed by atoms with van der Waals surface area (Å²) in [6, 6.07) is 21.0. The molecule has 0 heterocycles. The van der Waals surface area contributed by atoms with Gasteiger partial charge in [-0.1, -0.05) is 85.1 Å². The van der Waals surface area contributed by atoms with Crippen molar-refractivity contribution in [2.75, 3.05) is 23.9 Å². The number of anilines is 1. The van der Waals surface area contributed by atoms with E-state index in [9.17, 15) is 18.0 Å². The van der Waals surface area contributed by atoms with Gasteiger partial charge in [0, 0.05) is 23.1 Å². The first-order chi connectivity index (χ1) is 18.6. The molecule has 0 aliphatic heterocycles. The fraction of sp³-hybridized carbons (Fsp3) is 0.310. The molecule has 208 valence electrons. The number of nitrogens with zero attached hydrogens (tertiary/aromatic N) is 2. The second kappa shape index (κ2) is 14.4. The first kappa shape index (κ1) is 30.5. The van der Waals surface area contributed by atoms with E-state index in [-0.39, 0.29) is 33.1 Å². The van der Waals surface area contributed by atoms with Gasteiger partial charge in [-0.05, 0) is 55.7 Å². The van der Waals surface area contributed by atoms with Crippen molar-refractivity contribution < 1.29 is 18.0 Å². The van der Waals surface area contributed by atoms with Gasteiger partial charge in [0.25, 0.3) is 10.0 Å². The predicted molar refractivity (Wildman–Crippen MR) is 157 cm³/mol. The number of rotatable bonds is 13. The van der Waals surface area contributed by atoms with Crippen molar-refractivity contribution in [2.45, 2.75) is 44.0 Å². The van der Waals surface area contributed by atoms with Gasteiger partial charge in [0.15, 0.2) is 0 Å². The van der Waals surface area contributed by atoms with Crippen molar-refractivity contribution in [3.63, 3.8) is 0 Å². The number of benzene rings is 3. The maximum Gasteiger partial charge on any atom is 0.264 e. The van der Waals surface area contributed by atoms with Crippen LogP contribution in [0.15, 0.2) is 83.8 Å². The van der Waals surface area contributed by atoms with Gasteiger partial charge in [-0.3, -0.25) is 13.9 Å². The fourth-order valence-corrected chi connectivity index (χ4v) is 5.97. The summed E-state index contributed by atoms with van der Waals surface area (Å²) < 4.78 is 28.5. The van der Waals surface area contributed by atoms with Crippen LogP contribution in [-0.2, 0) is 26.0 Å². The van der Waals surface area contributed by atoms with Crippen molar-refractivity contribution in [2.24, 2.45) is 0 Å². The summed E-state index contributed by atoms with van der Waals surface area (Å²) in [5.74, 6) is -0.826. The van der Waals surface area contributed by atoms with Crippen LogP contribution in [-0.4, -0.2) is 50.8 Å². The third-order valence-electron chi connectivity index (χ3n) is 6.23. The van der Waals surface area contributed by atoms with Gasteiger partial charge in [-0.2, -0.15) is 0 Å². The molecule has 7 nitrogen and oxygen atoms in total. The zero-order valence-electron chi connectivity index (χ0n) is 22.0. The van der Waals surface area contributed by atoms with Gasteiger partial charge in [-0.15, -0.1) is 0 Å². The van der Waals surface area contributed by atoms with Gasteiger partial charge in [-0.25, -0.2) is 8.42 Å². The highest BCUT2D eigenvalue weighted by Gasteiger charge is 2.32. The van der Waals surface area contributed by atoms with Gasteiger partial charge in [0.05, 0.1) is 10.6 Å². The molecule has 39 heavy (non-hydrogen) atoms. The van der Waals surface area contributed by atoms with Crippen molar-refractivity contribution in [3.8, 4) is 0 Å². The number of hydrogen-bond donors (Lipinski definition) is 1. The van der Waals surface area contributed by atoms with E-state index in [2.05, 4.69) is 5.32 Å². The van der Waals surface area contributed by atoms with Crippen molar-refractivity contribution in [1.29, 1.82) is 0 Å². The molecule has 0 bridgehead atoms. The molecule has 3 rings (SSSR count). The summed E-state index contributed by atoms with van der Waals surface area (Å²) in [5.41, 5.74) is 1.14. The van der Waals surface area contributed by atoms with Gasteiger partial charge >= 0.3 is 0 Å². The minimum atomic E-state index is -4.18. The van der Waals surface area contributed by atoms with Crippen LogP contribution in [0.3, 0.4) is 0 Å². The number of unbranched alkanes of at least 4 members (excludes halogenated alkanes) is 1. The van der Waals surface area contributed by atoms with E-state index < -0.39 is 28.5 Å². The molecule has 0 radical (unpaired) electrons. The van der Waals surface area contributed by atoms with Crippen LogP contribution in [0.1, 0.15) is 32.3 Å². The number of sulfonamides is 1. The zero-order chi connectivity index (χ0) is 28.4. The number of nitrogens with one attached hydrogen (secondary N) is 1. The molecular formula is C29H33Cl2N3O4S. The summed E-state index contributed by atoms with van der Waals surface area (Å²) in [7, 11) is -4.18. The summed E-state index contributed by atoms with van der Waals surface area (Å²) in [6.45, 7) is 3.84. The Morgan fingerprint density at radius 3 is 2.10 bits per heavy atom. The first-order valence-corrected chi connectivity index (χ1v) is 15.0. The van der Waals surface area contributed by atoms with Gasteiger partial charge in [0.1, 0.15) is 12.6 Å². The highest BCUT2D eigenvalue weighted by molar-refractivity contribution is 7.92. The number of amides is 2. The van der Waals surface area contributed by atoms with Crippen LogP contribution in [0.25, 0.3) is 0 Å². The highest BCUT2D eigenvalue weighted by atomic mass is 35.5. The number of carbonyl (C=O) groups excluding carboxylic acids is 2. The quantitative estimate of drug-likeness (QED) is 0.264. The Balaban J connectivity index is 1.96. The third kappa shape index (κ3) is 8.46. The monoisotopic (exact) mass is 589 g/mol. The molecule has 10 heteroatoms. The van der Waals surface area contributed by atoms with Crippen LogP contribution < -0.4 is 9.62 Å². The topological polar surface area (TPSA) is 86.8 Å². The Hall–Kier alpha value is -3.07. The SMILES string of the molecule is CCCCNC(=O)C(C)N(CCc1ccccc1)C(=O)CN(c1cc(Cl)cc(Cl)c1)S(=O)(=O)c1ccccc1. The van der Waals surface area contributed by atoms with E-state index in [4.69, 9.17) is 23.2 Å². The fourth-order valence-electron chi connectivity index (χ4n) is 4.04. The molecule has 0 aliphatic carbocycles. The van der Waals surface area contributed by atoms with Crippen LogP contribution >= 0.6 is 23.2 Å². The molecule has 1 unspecified atom stereocenters. The Bertz CT molecular complexity index is 1340. The second-order valence-electron chi connectivity index (χ2n) is 9.10. The van der Waals surface area contributed by atoms with Crippen LogP contribution in [0.5, 0.6) is 0 Å². The lowest BCUT2D eigenvalue weighted by Gasteiger charge is -2.32. The Morgan fingerprint density at radius 1 is 0.923 bits per heavy atom. The summed E-state index contributed by atoms with van der Waals surface area (Å²) in [6.07, 6.45) is 2.22. The molecule has 2 amide bonds. The molecular weight excluding hydrogens is 557 g/mol. The summed E-state index contributed by atoms with van der Waals surface area (Å²) in [5, 5.41) is 3.32. The number of halogens is 2. The van der Waals surface area contributed by atoms with E-state index in [1.165, 1.54) is 35.2 Å². The molecule has 0 fully saturated rings. The zero-order valence-corrected chi connectivity index (χ0v) is 24.3. The molecule has 0 saturated heterocycles. The van der Waals surface area contributed by atoms with Gasteiger partial charge in [0.2, 0.25) is 11.8 Å². The lowest BCUT2D eigenvalue weighted by molar-refractivity contribution is -0.138. The van der Waals surface area contributed by atoms with E-state index in [1.54, 1.807) is 25.1 Å². The van der Waals surface area contributed by atoms with Crippen molar-refractivity contribution in [3.05, 3.63) is 94.5 Å². The lowest BCUT2D eigenvalue weighted by Crippen LogP contribution is -2.52. The van der Waals surface area contributed by atoms with E-state index in [0.29, 0.717) is 13.0 Å². The van der Waals surface area contributed by atoms with E-state index in [0.717, 1.165) is 22.7 Å². The average molecular weight is 591 g/mol. The lowest BCUT2D eigenvalue weighted by atomic mass is 10.1. The molecule has 1 atom stereocenters. The van der Waals surface area contributed by atoms with Gasteiger partial charge < -0.3 is 10.2 Å². The van der Waals surface area contributed by atoms with Crippen LogP contribution in [0.2, 0.25) is 10.0 Å². The number of hydrogen-bond acceptors (Lipinski definition) is 4. The molecule has 1 N–H and O–H groups in total. The summed E-state index contributed by atoms with van der Waals surface area (Å²) in [4.78, 5) is 28.2. The molecule has 3 aromatic rings. The maximum absolute atomic E-state index is 13.8. The van der Waals surface area contributed by atoms with Crippen molar-refractivity contribution >= 4 is 50.7 Å². The normalized spacial score (nSPS) is 12.0. The largest absolute Gasteiger partial charge is 0.354 e. The standard InChI is InChI=1S/C29H33Cl2N3O4S/c1-3-4-16-32-29(36)22(2)33(17-15-23-11-7-5-8-12-23)28(35)21-34(26-19-24(30)18-25(31)20-26)39(37,38)27-13-9-6-10-14-27/h5-14,18-20,22H,3-4,15-17,21H2,1-2H3,(H,32,36). The number of carbonyl (C=O) groups is 2. The predicted octanol–water partition coefficient (Wildman–Crippen LogP) is 5.56. The first-order valence-electron chi connectivity index (χ1n) is 12.8. The van der Waals surface area contributed by atoms with Crippen LogP contribution in [0.4, 0.5) is 5.69 Å². The molecule has 0 saturated carbocycles. The average Bonchev–Trinajstić information content (AvgIpc) is 2.92. The highest BCUT2D eigenvalue weighted by Crippen LogP contribution is 2.30. The maximum atomic E-state index is 13.8. The molecule has 0 aliphatic rings. The van der Waals surface area contributed by atoms with Crippen LogP contribution in [0, 0.1) is 0 Å². The minimum Gasteiger partial charge on any atom is -0.354 e. The second-order valence-corrected chi connectivity index (χ2v) is 11.8.